The topological polar surface area (TPSA) is 0 Å². The van der Waals surface area contributed by atoms with E-state index in [-0.39, 0.29) is 11.8 Å². The van der Waals surface area contributed by atoms with E-state index in [0.717, 1.165) is 22.9 Å². The highest BCUT2D eigenvalue weighted by molar-refractivity contribution is 6.83. The van der Waals surface area contributed by atoms with Gasteiger partial charge in [-0.1, -0.05) is 146 Å². The lowest BCUT2D eigenvalue weighted by Gasteiger charge is -2.41. The lowest BCUT2D eigenvalue weighted by atomic mass is 9.89. The van der Waals surface area contributed by atoms with E-state index in [0.29, 0.717) is 11.1 Å². The van der Waals surface area contributed by atoms with Crippen molar-refractivity contribution in [2.75, 3.05) is 0 Å². The standard InChI is InChI=1S/C38H38Cl2Si/c1-5-25-23-35-31(27-15-19-29(39)20-16-27)11-7-9-13-33(35)37(25)41(3,4)38-26(6-2)24-36-32(12-8-10-14-34(36)38)28-17-21-30(40)22-18-28/h7-24,31-32,37-38H,5-6H2,1-4H3. The molecule has 0 saturated heterocycles. The molecule has 0 aromatic heterocycles. The van der Waals surface area contributed by atoms with Crippen LogP contribution in [-0.2, 0) is 0 Å². The number of hydrogen-bond acceptors (Lipinski definition) is 0. The molecular formula is C38H38Cl2Si. The van der Waals surface area contributed by atoms with E-state index >= 15 is 0 Å². The number of hydrogen-bond donors (Lipinski definition) is 0. The Morgan fingerprint density at radius 3 is 1.32 bits per heavy atom. The molecule has 0 amide bonds. The number of halogens is 2. The second-order valence-corrected chi connectivity index (χ2v) is 17.9. The fraction of sp³-hybridized carbons (Fsp3) is 0.263. The third-order valence-electron chi connectivity index (χ3n) is 9.53. The minimum Gasteiger partial charge on any atom is -0.0843 e. The summed E-state index contributed by atoms with van der Waals surface area (Å²) in [5.41, 5.74) is 12.7. The molecule has 3 heteroatoms. The van der Waals surface area contributed by atoms with Crippen LogP contribution >= 0.6 is 23.2 Å². The maximum Gasteiger partial charge on any atom is 0.0722 e. The van der Waals surface area contributed by atoms with Crippen LogP contribution in [0, 0.1) is 0 Å². The first-order valence-electron chi connectivity index (χ1n) is 14.9. The largest absolute Gasteiger partial charge is 0.0843 e. The van der Waals surface area contributed by atoms with Crippen molar-refractivity contribution in [2.45, 2.75) is 62.7 Å². The summed E-state index contributed by atoms with van der Waals surface area (Å²) in [5, 5.41) is 1.57. The van der Waals surface area contributed by atoms with Gasteiger partial charge in [-0.2, -0.15) is 0 Å². The Morgan fingerprint density at radius 2 is 0.951 bits per heavy atom. The highest BCUT2D eigenvalue weighted by Crippen LogP contribution is 2.59. The van der Waals surface area contributed by atoms with Gasteiger partial charge in [-0.05, 0) is 70.5 Å². The molecule has 0 aliphatic heterocycles. The SMILES string of the molecule is CCC1=CC2=C(C=CC=CC2c2ccc(Cl)cc2)C1[Si](C)(C)C1C(CC)=CC2=C1C=CC=CC2c1ccc(Cl)cc1. The minimum absolute atomic E-state index is 0.240. The van der Waals surface area contributed by atoms with Crippen LogP contribution in [0.2, 0.25) is 34.2 Å². The van der Waals surface area contributed by atoms with Crippen LogP contribution in [0.1, 0.15) is 49.7 Å². The van der Waals surface area contributed by atoms with Gasteiger partial charge in [-0.15, -0.1) is 0 Å². The Balaban J connectivity index is 1.46. The smallest absolute Gasteiger partial charge is 0.0722 e. The van der Waals surface area contributed by atoms with Gasteiger partial charge < -0.3 is 0 Å². The van der Waals surface area contributed by atoms with Crippen LogP contribution in [0.4, 0.5) is 0 Å². The summed E-state index contributed by atoms with van der Waals surface area (Å²) in [6.45, 7) is 9.98. The Hall–Kier alpha value is -2.84. The quantitative estimate of drug-likeness (QED) is 0.292. The zero-order chi connectivity index (χ0) is 28.7. The van der Waals surface area contributed by atoms with E-state index in [1.807, 2.05) is 24.3 Å². The molecular weight excluding hydrogens is 555 g/mol. The summed E-state index contributed by atoms with van der Waals surface area (Å²) in [6.07, 6.45) is 25.8. The van der Waals surface area contributed by atoms with Crippen LogP contribution in [-0.4, -0.2) is 8.07 Å². The van der Waals surface area contributed by atoms with E-state index in [4.69, 9.17) is 23.2 Å². The monoisotopic (exact) mass is 592 g/mol. The van der Waals surface area contributed by atoms with Gasteiger partial charge in [-0.3, -0.25) is 0 Å². The van der Waals surface area contributed by atoms with Crippen LogP contribution < -0.4 is 0 Å². The summed E-state index contributed by atoms with van der Waals surface area (Å²) in [5.74, 6) is 0.480. The Morgan fingerprint density at radius 1 is 0.561 bits per heavy atom. The van der Waals surface area contributed by atoms with Crippen LogP contribution in [0.3, 0.4) is 0 Å². The normalized spacial score (nSPS) is 25.2. The Labute approximate surface area is 256 Å². The van der Waals surface area contributed by atoms with E-state index < -0.39 is 8.07 Å². The molecule has 0 spiro atoms. The lowest BCUT2D eigenvalue weighted by Crippen LogP contribution is -2.40. The van der Waals surface area contributed by atoms with Crippen molar-refractivity contribution in [3.8, 4) is 0 Å². The van der Waals surface area contributed by atoms with Gasteiger partial charge in [0.05, 0.1) is 8.07 Å². The van der Waals surface area contributed by atoms with Crippen molar-refractivity contribution < 1.29 is 0 Å². The van der Waals surface area contributed by atoms with Crippen molar-refractivity contribution in [1.82, 2.24) is 0 Å². The predicted molar refractivity (Wildman–Crippen MR) is 181 cm³/mol. The summed E-state index contributed by atoms with van der Waals surface area (Å²) < 4.78 is 0. The molecule has 0 N–H and O–H groups in total. The number of allylic oxidation sites excluding steroid dienone is 16. The van der Waals surface area contributed by atoms with Crippen molar-refractivity contribution in [2.24, 2.45) is 0 Å². The summed E-state index contributed by atoms with van der Waals surface area (Å²) >= 11 is 12.5. The van der Waals surface area contributed by atoms with Gasteiger partial charge >= 0.3 is 0 Å². The van der Waals surface area contributed by atoms with Crippen molar-refractivity contribution in [1.29, 1.82) is 0 Å². The van der Waals surface area contributed by atoms with Gasteiger partial charge in [0.25, 0.3) is 0 Å². The van der Waals surface area contributed by atoms with E-state index in [2.05, 4.69) is 112 Å². The molecule has 0 radical (unpaired) electrons. The first kappa shape index (κ1) is 28.3. The van der Waals surface area contributed by atoms with Crippen molar-refractivity contribution >= 4 is 31.3 Å². The van der Waals surface area contributed by atoms with Gasteiger partial charge in [-0.25, -0.2) is 0 Å². The van der Waals surface area contributed by atoms with E-state index in [1.165, 1.54) is 33.4 Å². The molecule has 4 unspecified atom stereocenters. The molecule has 4 atom stereocenters. The summed E-state index contributed by atoms with van der Waals surface area (Å²) in [7, 11) is -2.00. The number of benzene rings is 2. The van der Waals surface area contributed by atoms with E-state index in [9.17, 15) is 0 Å². The van der Waals surface area contributed by atoms with Gasteiger partial charge in [0, 0.05) is 33.0 Å². The Kier molecular flexibility index (Phi) is 7.89. The molecule has 0 heterocycles. The fourth-order valence-electron chi connectivity index (χ4n) is 7.72. The third kappa shape index (κ3) is 5.07. The summed E-state index contributed by atoms with van der Waals surface area (Å²) in [4.78, 5) is 0. The Bertz CT molecular complexity index is 1470. The van der Waals surface area contributed by atoms with Crippen molar-refractivity contribution in [3.05, 3.63) is 164 Å². The highest BCUT2D eigenvalue weighted by atomic mass is 35.5. The first-order valence-corrected chi connectivity index (χ1v) is 18.8. The average Bonchev–Trinajstić information content (AvgIpc) is 3.38. The fourth-order valence-corrected chi connectivity index (χ4v) is 12.9. The molecule has 2 aromatic carbocycles. The zero-order valence-electron chi connectivity index (χ0n) is 24.4. The first-order chi connectivity index (χ1) is 19.8. The second kappa shape index (κ2) is 11.4. The maximum absolute atomic E-state index is 6.27. The third-order valence-corrected chi connectivity index (χ3v) is 14.4. The second-order valence-electron chi connectivity index (χ2n) is 12.2. The van der Waals surface area contributed by atoms with E-state index in [1.54, 1.807) is 11.1 Å². The maximum atomic E-state index is 6.27. The average molecular weight is 594 g/mol. The van der Waals surface area contributed by atoms with Crippen LogP contribution in [0.15, 0.2) is 143 Å². The van der Waals surface area contributed by atoms with Crippen LogP contribution in [0.5, 0.6) is 0 Å². The minimum atomic E-state index is -2.00. The molecule has 0 bridgehead atoms. The lowest BCUT2D eigenvalue weighted by molar-refractivity contribution is 0.924. The molecule has 0 saturated carbocycles. The van der Waals surface area contributed by atoms with Crippen molar-refractivity contribution in [3.63, 3.8) is 0 Å². The molecule has 0 fully saturated rings. The van der Waals surface area contributed by atoms with Gasteiger partial charge in [0.15, 0.2) is 0 Å². The molecule has 4 aliphatic rings. The molecule has 6 rings (SSSR count). The van der Waals surface area contributed by atoms with Gasteiger partial charge in [0.1, 0.15) is 0 Å². The molecule has 4 aliphatic carbocycles. The summed E-state index contributed by atoms with van der Waals surface area (Å²) in [6, 6.07) is 16.8. The molecule has 0 nitrogen and oxygen atoms in total. The highest BCUT2D eigenvalue weighted by Gasteiger charge is 2.49. The van der Waals surface area contributed by atoms with Gasteiger partial charge in [0.2, 0.25) is 0 Å². The van der Waals surface area contributed by atoms with Crippen LogP contribution in [0.25, 0.3) is 0 Å². The molecule has 208 valence electrons. The predicted octanol–water partition coefficient (Wildman–Crippen LogP) is 11.9. The number of rotatable bonds is 6. The molecule has 41 heavy (non-hydrogen) atoms. The zero-order valence-corrected chi connectivity index (χ0v) is 26.9. The molecule has 2 aromatic rings.